The molecule has 0 unspecified atom stereocenters. The second kappa shape index (κ2) is 8.88. The standard InChI is InChI=1S/C24H26F3N5OS/c1-31-21(17-5-8-20(33)28-14-17)29-30-22(31)34-12-2-10-32-11-9-23(15-32)13-19(23)16-3-6-18(7-4-16)24(25,26)27/h3-8,14,19H,2,9-13,15H2,1H3,(H,28,33)/t19-,23+/m1/s1. The summed E-state index contributed by atoms with van der Waals surface area (Å²) in [5.74, 6) is 2.01. The number of hydrogen-bond donors (Lipinski definition) is 1. The molecule has 3 heterocycles. The van der Waals surface area contributed by atoms with Gasteiger partial charge in [0, 0.05) is 37.2 Å². The van der Waals surface area contributed by atoms with Crippen LogP contribution < -0.4 is 5.56 Å². The normalized spacial score (nSPS) is 22.5. The van der Waals surface area contributed by atoms with Crippen LogP contribution in [0.1, 0.15) is 36.3 Å². The maximum absolute atomic E-state index is 12.8. The monoisotopic (exact) mass is 489 g/mol. The summed E-state index contributed by atoms with van der Waals surface area (Å²) in [7, 11) is 1.92. The van der Waals surface area contributed by atoms with Crippen LogP contribution >= 0.6 is 11.8 Å². The van der Waals surface area contributed by atoms with E-state index in [4.69, 9.17) is 0 Å². The van der Waals surface area contributed by atoms with Crippen LogP contribution in [0.2, 0.25) is 0 Å². The van der Waals surface area contributed by atoms with Crippen LogP contribution in [0.15, 0.2) is 52.5 Å². The molecule has 0 radical (unpaired) electrons. The van der Waals surface area contributed by atoms with Crippen molar-refractivity contribution in [2.75, 3.05) is 25.4 Å². The van der Waals surface area contributed by atoms with Gasteiger partial charge >= 0.3 is 6.18 Å². The lowest BCUT2D eigenvalue weighted by Gasteiger charge is -2.16. The predicted molar refractivity (Wildman–Crippen MR) is 125 cm³/mol. The fourth-order valence-corrected chi connectivity index (χ4v) is 5.88. The molecule has 34 heavy (non-hydrogen) atoms. The molecule has 1 saturated carbocycles. The van der Waals surface area contributed by atoms with Gasteiger partial charge in [0.25, 0.3) is 0 Å². The zero-order chi connectivity index (χ0) is 23.9. The highest BCUT2D eigenvalue weighted by atomic mass is 32.2. The summed E-state index contributed by atoms with van der Waals surface area (Å²) in [4.78, 5) is 16.4. The van der Waals surface area contributed by atoms with Crippen molar-refractivity contribution in [2.45, 2.75) is 36.5 Å². The van der Waals surface area contributed by atoms with Gasteiger partial charge in [0.15, 0.2) is 11.0 Å². The molecule has 2 aromatic heterocycles. The highest BCUT2D eigenvalue weighted by Gasteiger charge is 2.57. The summed E-state index contributed by atoms with van der Waals surface area (Å²) in [5, 5.41) is 9.37. The number of likely N-dealkylation sites (tertiary alicyclic amines) is 1. The molecule has 1 N–H and O–H groups in total. The number of H-pyrrole nitrogens is 1. The Hall–Kier alpha value is -2.59. The highest BCUT2D eigenvalue weighted by molar-refractivity contribution is 7.99. The summed E-state index contributed by atoms with van der Waals surface area (Å²) in [5.41, 5.74) is 1.36. The van der Waals surface area contributed by atoms with Gasteiger partial charge in [-0.2, -0.15) is 13.2 Å². The van der Waals surface area contributed by atoms with Gasteiger partial charge in [-0.25, -0.2) is 0 Å². The second-order valence-corrected chi connectivity index (χ2v) is 10.3. The molecule has 1 aliphatic carbocycles. The molecule has 2 aliphatic rings. The number of pyridine rings is 1. The van der Waals surface area contributed by atoms with Gasteiger partial charge in [-0.15, -0.1) is 10.2 Å². The molecule has 3 aromatic rings. The fraction of sp³-hybridized carbons (Fsp3) is 0.458. The molecule has 0 bridgehead atoms. The van der Waals surface area contributed by atoms with Gasteiger partial charge in [0.1, 0.15) is 0 Å². The first-order chi connectivity index (χ1) is 16.2. The minimum atomic E-state index is -4.28. The molecule has 2 atom stereocenters. The Morgan fingerprint density at radius 2 is 1.97 bits per heavy atom. The van der Waals surface area contributed by atoms with Gasteiger partial charge in [0.2, 0.25) is 5.56 Å². The number of aromatic nitrogens is 4. The number of benzene rings is 1. The zero-order valence-corrected chi connectivity index (χ0v) is 19.6. The number of nitrogens with zero attached hydrogens (tertiary/aromatic N) is 4. The van der Waals surface area contributed by atoms with E-state index < -0.39 is 11.7 Å². The Bertz CT molecular complexity index is 1200. The fourth-order valence-electron chi connectivity index (χ4n) is 5.04. The number of thioether (sulfide) groups is 1. The van der Waals surface area contributed by atoms with Crippen LogP contribution in [0.3, 0.4) is 0 Å². The molecule has 10 heteroatoms. The van der Waals surface area contributed by atoms with Crippen LogP contribution in [0, 0.1) is 5.41 Å². The minimum absolute atomic E-state index is 0.152. The van der Waals surface area contributed by atoms with Crippen molar-refractivity contribution < 1.29 is 13.2 Å². The topological polar surface area (TPSA) is 66.8 Å². The molecule has 180 valence electrons. The third-order valence-electron chi connectivity index (χ3n) is 7.02. The number of alkyl halides is 3. The zero-order valence-electron chi connectivity index (χ0n) is 18.8. The molecular formula is C24H26F3N5OS. The van der Waals surface area contributed by atoms with Crippen LogP contribution in [0.5, 0.6) is 0 Å². The molecule has 1 aromatic carbocycles. The quantitative estimate of drug-likeness (QED) is 0.390. The van der Waals surface area contributed by atoms with Gasteiger partial charge in [0.05, 0.1) is 5.56 Å². The van der Waals surface area contributed by atoms with E-state index in [9.17, 15) is 18.0 Å². The number of nitrogens with one attached hydrogen (secondary N) is 1. The Kier molecular flexibility index (Phi) is 6.05. The summed E-state index contributed by atoms with van der Waals surface area (Å²) in [6.45, 7) is 3.06. The number of aromatic amines is 1. The summed E-state index contributed by atoms with van der Waals surface area (Å²) in [6, 6.07) is 8.94. The molecule has 2 fully saturated rings. The van der Waals surface area contributed by atoms with E-state index in [1.54, 1.807) is 36.2 Å². The smallest absolute Gasteiger partial charge is 0.328 e. The second-order valence-electron chi connectivity index (χ2n) is 9.27. The van der Waals surface area contributed by atoms with Crippen molar-refractivity contribution in [3.05, 3.63) is 64.1 Å². The number of hydrogen-bond acceptors (Lipinski definition) is 5. The van der Waals surface area contributed by atoms with E-state index >= 15 is 0 Å². The highest BCUT2D eigenvalue weighted by Crippen LogP contribution is 2.64. The molecule has 1 saturated heterocycles. The van der Waals surface area contributed by atoms with E-state index in [1.807, 2.05) is 11.6 Å². The largest absolute Gasteiger partial charge is 0.416 e. The van der Waals surface area contributed by atoms with Crippen LogP contribution in [0.4, 0.5) is 13.2 Å². The maximum atomic E-state index is 12.8. The van der Waals surface area contributed by atoms with E-state index in [0.717, 1.165) is 60.9 Å². The van der Waals surface area contributed by atoms with E-state index in [2.05, 4.69) is 20.1 Å². The Morgan fingerprint density at radius 3 is 2.68 bits per heavy atom. The van der Waals surface area contributed by atoms with Crippen molar-refractivity contribution in [1.82, 2.24) is 24.6 Å². The maximum Gasteiger partial charge on any atom is 0.416 e. The van der Waals surface area contributed by atoms with Crippen molar-refractivity contribution in [2.24, 2.45) is 12.5 Å². The van der Waals surface area contributed by atoms with Gasteiger partial charge in [-0.05, 0) is 67.4 Å². The van der Waals surface area contributed by atoms with Crippen LogP contribution in [-0.4, -0.2) is 50.0 Å². The van der Waals surface area contributed by atoms with E-state index in [0.29, 0.717) is 11.7 Å². The minimum Gasteiger partial charge on any atom is -0.328 e. The molecular weight excluding hydrogens is 463 g/mol. The molecule has 1 aliphatic heterocycles. The van der Waals surface area contributed by atoms with Crippen molar-refractivity contribution >= 4 is 11.8 Å². The summed E-state index contributed by atoms with van der Waals surface area (Å²) in [6.07, 6.45) is 0.552. The first kappa shape index (κ1) is 23.2. The first-order valence-corrected chi connectivity index (χ1v) is 12.3. The van der Waals surface area contributed by atoms with Crippen molar-refractivity contribution in [3.8, 4) is 11.4 Å². The van der Waals surface area contributed by atoms with Crippen molar-refractivity contribution in [3.63, 3.8) is 0 Å². The Balaban J connectivity index is 1.09. The Morgan fingerprint density at radius 1 is 1.18 bits per heavy atom. The van der Waals surface area contributed by atoms with Gasteiger partial charge in [-0.3, -0.25) is 4.79 Å². The molecule has 1 spiro atoms. The third kappa shape index (κ3) is 4.65. The summed E-state index contributed by atoms with van der Waals surface area (Å²) < 4.78 is 40.4. The van der Waals surface area contributed by atoms with Crippen molar-refractivity contribution in [1.29, 1.82) is 0 Å². The molecule has 0 amide bonds. The Labute approximate surface area is 199 Å². The third-order valence-corrected chi connectivity index (χ3v) is 8.13. The molecule has 5 rings (SSSR count). The lowest BCUT2D eigenvalue weighted by molar-refractivity contribution is -0.137. The van der Waals surface area contributed by atoms with Gasteiger partial charge < -0.3 is 14.5 Å². The van der Waals surface area contributed by atoms with Crippen LogP contribution in [-0.2, 0) is 13.2 Å². The first-order valence-electron chi connectivity index (χ1n) is 11.4. The number of rotatable bonds is 7. The van der Waals surface area contributed by atoms with E-state index in [-0.39, 0.29) is 11.0 Å². The predicted octanol–water partition coefficient (Wildman–Crippen LogP) is 4.55. The summed E-state index contributed by atoms with van der Waals surface area (Å²) >= 11 is 1.66. The lowest BCUT2D eigenvalue weighted by atomic mass is 9.97. The average molecular weight is 490 g/mol. The van der Waals surface area contributed by atoms with Crippen LogP contribution in [0.25, 0.3) is 11.4 Å². The average Bonchev–Trinajstić information content (AvgIpc) is 3.16. The van der Waals surface area contributed by atoms with Gasteiger partial charge in [-0.1, -0.05) is 23.9 Å². The van der Waals surface area contributed by atoms with E-state index in [1.165, 1.54) is 18.2 Å². The molecule has 6 nitrogen and oxygen atoms in total. The SMILES string of the molecule is Cn1c(SCCCN2CC[C@]3(C[C@@H]3c3ccc(C(F)(F)F)cc3)C2)nnc1-c1ccc(=O)[nH]c1. The number of halogens is 3. The lowest BCUT2D eigenvalue weighted by Crippen LogP contribution is -2.23.